The molecule has 2 unspecified atom stereocenters. The minimum Gasteiger partial charge on any atom is -0.394 e. The van der Waals surface area contributed by atoms with Crippen LogP contribution < -0.4 is 5.32 Å². The highest BCUT2D eigenvalue weighted by Gasteiger charge is 2.17. The third-order valence-electron chi connectivity index (χ3n) is 11.6. The Balaban J connectivity index is 3.43. The van der Waals surface area contributed by atoms with E-state index in [0.717, 1.165) is 64.2 Å². The highest BCUT2D eigenvalue weighted by Crippen LogP contribution is 2.16. The summed E-state index contributed by atoms with van der Waals surface area (Å²) in [5.74, 6) is -0.0783. The van der Waals surface area contributed by atoms with Gasteiger partial charge in [-0.25, -0.2) is 0 Å². The second kappa shape index (κ2) is 51.9. The first-order valence-corrected chi connectivity index (χ1v) is 26.3. The number of nitrogens with one attached hydrogen (secondary N) is 1. The third-order valence-corrected chi connectivity index (χ3v) is 11.6. The first kappa shape index (κ1) is 58.6. The van der Waals surface area contributed by atoms with E-state index in [1.165, 1.54) is 167 Å². The van der Waals surface area contributed by atoms with E-state index in [1.807, 2.05) is 6.08 Å². The summed E-state index contributed by atoms with van der Waals surface area (Å²) < 4.78 is 0. The molecule has 0 aromatic rings. The molecular weight excluding hydrogens is 747 g/mol. The molecular formula is C57H101NO3. The van der Waals surface area contributed by atoms with E-state index in [9.17, 15) is 15.0 Å². The molecule has 352 valence electrons. The number of amides is 1. The van der Waals surface area contributed by atoms with Gasteiger partial charge < -0.3 is 15.5 Å². The maximum atomic E-state index is 12.4. The van der Waals surface area contributed by atoms with E-state index in [2.05, 4.69) is 92.1 Å². The van der Waals surface area contributed by atoms with E-state index < -0.39 is 12.1 Å². The van der Waals surface area contributed by atoms with Crippen molar-refractivity contribution in [3.05, 3.63) is 85.1 Å². The Morgan fingerprint density at radius 1 is 0.410 bits per heavy atom. The summed E-state index contributed by atoms with van der Waals surface area (Å²) in [6, 6.07) is -0.645. The molecule has 0 fully saturated rings. The van der Waals surface area contributed by atoms with Crippen molar-refractivity contribution in [1.29, 1.82) is 0 Å². The van der Waals surface area contributed by atoms with Crippen LogP contribution in [0.2, 0.25) is 0 Å². The summed E-state index contributed by atoms with van der Waals surface area (Å²) in [5.41, 5.74) is 0. The van der Waals surface area contributed by atoms with Crippen LogP contribution in [-0.2, 0) is 4.79 Å². The van der Waals surface area contributed by atoms with Gasteiger partial charge in [-0.2, -0.15) is 0 Å². The molecule has 2 atom stereocenters. The molecule has 0 saturated heterocycles. The lowest BCUT2D eigenvalue weighted by atomic mass is 10.0. The maximum absolute atomic E-state index is 12.4. The number of carbonyl (C=O) groups excluding carboxylic acids is 1. The van der Waals surface area contributed by atoms with Crippen LogP contribution in [0.1, 0.15) is 251 Å². The van der Waals surface area contributed by atoms with E-state index in [1.54, 1.807) is 6.08 Å². The first-order chi connectivity index (χ1) is 30.2. The standard InChI is InChI=1S/C57H101NO3/c1-3-5-7-9-11-13-15-17-18-19-20-21-22-23-24-25-26-27-28-29-30-31-32-33-34-35-36-37-38-39-40-41-43-45-47-49-51-53-57(61)58-55(54-59)56(60)52-50-48-46-44-42-16-14-12-10-8-6-4-2/h5,7,10-13,17-18,20-21,42,44,50,52,55-56,59-60H,3-4,6,8-9,14-16,19,22-41,43,45-49,51,53-54H2,1-2H3,(H,58,61)/b7-5-,12-10+,13-11-,18-17-,21-20-,44-42+,52-50+. The van der Waals surface area contributed by atoms with Gasteiger partial charge in [-0.05, 0) is 77.0 Å². The Kier molecular flexibility index (Phi) is 49.8. The highest BCUT2D eigenvalue weighted by atomic mass is 16.3. The molecule has 0 saturated carbocycles. The van der Waals surface area contributed by atoms with Crippen molar-refractivity contribution in [3.8, 4) is 0 Å². The van der Waals surface area contributed by atoms with E-state index in [4.69, 9.17) is 0 Å². The third kappa shape index (κ3) is 48.5. The maximum Gasteiger partial charge on any atom is 0.220 e. The lowest BCUT2D eigenvalue weighted by Crippen LogP contribution is -2.45. The number of carbonyl (C=O) groups is 1. The van der Waals surface area contributed by atoms with Gasteiger partial charge in [0.1, 0.15) is 0 Å². The molecule has 0 radical (unpaired) electrons. The van der Waals surface area contributed by atoms with Gasteiger partial charge in [-0.3, -0.25) is 4.79 Å². The average molecular weight is 848 g/mol. The molecule has 0 aliphatic carbocycles. The van der Waals surface area contributed by atoms with Crippen LogP contribution >= 0.6 is 0 Å². The van der Waals surface area contributed by atoms with Crippen molar-refractivity contribution < 1.29 is 15.0 Å². The largest absolute Gasteiger partial charge is 0.394 e. The number of aliphatic hydroxyl groups is 2. The molecule has 0 bridgehead atoms. The number of allylic oxidation sites excluding steroid dienone is 13. The van der Waals surface area contributed by atoms with Crippen LogP contribution in [0.3, 0.4) is 0 Å². The van der Waals surface area contributed by atoms with Gasteiger partial charge in [0, 0.05) is 6.42 Å². The fourth-order valence-electron chi connectivity index (χ4n) is 7.60. The highest BCUT2D eigenvalue weighted by molar-refractivity contribution is 5.76. The number of hydrogen-bond donors (Lipinski definition) is 3. The van der Waals surface area contributed by atoms with Crippen LogP contribution in [-0.4, -0.2) is 34.9 Å². The number of hydrogen-bond acceptors (Lipinski definition) is 3. The monoisotopic (exact) mass is 848 g/mol. The zero-order chi connectivity index (χ0) is 44.2. The Morgan fingerprint density at radius 3 is 1.15 bits per heavy atom. The smallest absolute Gasteiger partial charge is 0.220 e. The van der Waals surface area contributed by atoms with Crippen molar-refractivity contribution in [1.82, 2.24) is 5.32 Å². The molecule has 0 spiro atoms. The van der Waals surface area contributed by atoms with Gasteiger partial charge in [-0.1, -0.05) is 253 Å². The summed E-state index contributed by atoms with van der Waals surface area (Å²) in [5, 5.41) is 23.0. The minimum atomic E-state index is -0.870. The Bertz CT molecular complexity index is 1100. The van der Waals surface area contributed by atoms with Gasteiger partial charge in [0.05, 0.1) is 18.8 Å². The number of unbranched alkanes of at least 4 members (excludes halogenated alkanes) is 28. The van der Waals surface area contributed by atoms with Crippen LogP contribution in [0.5, 0.6) is 0 Å². The minimum absolute atomic E-state index is 0.0783. The SMILES string of the molecule is CC/C=C\C/C=C\C/C=C\C/C=C\CCCCCCCCCCCCCCCCCCCCCCCCCCC(=O)NC(CO)C(O)/C=C/CC/C=C/CC/C=C/CCCC. The van der Waals surface area contributed by atoms with E-state index in [-0.39, 0.29) is 12.5 Å². The molecule has 61 heavy (non-hydrogen) atoms. The number of rotatable bonds is 47. The lowest BCUT2D eigenvalue weighted by Gasteiger charge is -2.19. The van der Waals surface area contributed by atoms with E-state index >= 15 is 0 Å². The Labute approximate surface area is 380 Å². The van der Waals surface area contributed by atoms with Crippen LogP contribution in [0.4, 0.5) is 0 Å². The van der Waals surface area contributed by atoms with Crippen molar-refractivity contribution in [2.75, 3.05) is 6.61 Å². The summed E-state index contributed by atoms with van der Waals surface area (Å²) in [7, 11) is 0. The van der Waals surface area contributed by atoms with Crippen LogP contribution in [0, 0.1) is 0 Å². The fraction of sp³-hybridized carbons (Fsp3) is 0.737. The molecule has 0 rings (SSSR count). The quantitative estimate of drug-likeness (QED) is 0.0422. The van der Waals surface area contributed by atoms with Gasteiger partial charge in [0.15, 0.2) is 0 Å². The average Bonchev–Trinajstić information content (AvgIpc) is 3.26. The molecule has 1 amide bonds. The Hall–Kier alpha value is -2.43. The van der Waals surface area contributed by atoms with Gasteiger partial charge in [0.25, 0.3) is 0 Å². The molecule has 0 aromatic carbocycles. The molecule has 0 aliphatic rings. The van der Waals surface area contributed by atoms with Crippen molar-refractivity contribution in [2.45, 2.75) is 264 Å². The predicted molar refractivity (Wildman–Crippen MR) is 271 cm³/mol. The van der Waals surface area contributed by atoms with Crippen LogP contribution in [0.15, 0.2) is 85.1 Å². The zero-order valence-electron chi connectivity index (χ0n) is 40.4. The molecule has 4 nitrogen and oxygen atoms in total. The summed E-state index contributed by atoms with van der Waals surface area (Å²) in [4.78, 5) is 12.4. The second-order valence-electron chi connectivity index (χ2n) is 17.5. The summed E-state index contributed by atoms with van der Waals surface area (Å²) in [6.45, 7) is 4.13. The molecule has 3 N–H and O–H groups in total. The zero-order valence-corrected chi connectivity index (χ0v) is 40.4. The lowest BCUT2D eigenvalue weighted by molar-refractivity contribution is -0.123. The topological polar surface area (TPSA) is 69.6 Å². The fourth-order valence-corrected chi connectivity index (χ4v) is 7.60. The van der Waals surface area contributed by atoms with E-state index in [0.29, 0.717) is 6.42 Å². The molecule has 4 heteroatoms. The van der Waals surface area contributed by atoms with Gasteiger partial charge in [0.2, 0.25) is 5.91 Å². The van der Waals surface area contributed by atoms with Crippen molar-refractivity contribution >= 4 is 5.91 Å². The second-order valence-corrected chi connectivity index (χ2v) is 17.5. The summed E-state index contributed by atoms with van der Waals surface area (Å²) in [6.07, 6.45) is 76.1. The first-order valence-electron chi connectivity index (χ1n) is 26.3. The van der Waals surface area contributed by atoms with Crippen molar-refractivity contribution in [3.63, 3.8) is 0 Å². The molecule has 0 heterocycles. The molecule has 0 aromatic heterocycles. The Morgan fingerprint density at radius 2 is 0.738 bits per heavy atom. The van der Waals surface area contributed by atoms with Gasteiger partial charge >= 0.3 is 0 Å². The van der Waals surface area contributed by atoms with Crippen LogP contribution in [0.25, 0.3) is 0 Å². The number of aliphatic hydroxyl groups excluding tert-OH is 2. The van der Waals surface area contributed by atoms with Gasteiger partial charge in [-0.15, -0.1) is 0 Å². The molecule has 0 aliphatic heterocycles. The van der Waals surface area contributed by atoms with Crippen molar-refractivity contribution in [2.24, 2.45) is 0 Å². The summed E-state index contributed by atoms with van der Waals surface area (Å²) >= 11 is 0. The normalized spacial score (nSPS) is 13.6. The predicted octanol–water partition coefficient (Wildman–Crippen LogP) is 17.2.